The van der Waals surface area contributed by atoms with Crippen LogP contribution in [-0.2, 0) is 6.42 Å². The number of anilines is 4. The molecule has 0 N–H and O–H groups in total. The summed E-state index contributed by atoms with van der Waals surface area (Å²) in [5, 5.41) is 3.97. The molecule has 0 radical (unpaired) electrons. The molecule has 0 atom stereocenters. The van der Waals surface area contributed by atoms with Crippen LogP contribution in [0.25, 0.3) is 47.5 Å². The van der Waals surface area contributed by atoms with Crippen LogP contribution in [0.3, 0.4) is 0 Å². The number of rotatable bonds is 7. The van der Waals surface area contributed by atoms with E-state index in [2.05, 4.69) is 180 Å². The average molecular weight is 705 g/mol. The second-order valence-corrected chi connectivity index (χ2v) is 15.8. The standard InChI is InChI=1S/C48H36N2S2/c1-5-13-35(14-6-1)49(36-15-7-2-8-16-36)39-23-27-47-43(31-39)41-29-33(21-25-45(41)51-47)34-22-26-46-42(30-34)44-32-40(24-28-48(44)52-46)50(37-17-9-3-10-18-37)38-19-11-4-12-20-38/h1-3,5-11,13-22,24-26,28-32H,4,12,23,27H2. The summed E-state index contributed by atoms with van der Waals surface area (Å²) in [7, 11) is 0. The smallest absolute Gasteiger partial charge is 0.0468 e. The molecule has 250 valence electrons. The molecule has 6 aromatic carbocycles. The van der Waals surface area contributed by atoms with Crippen molar-refractivity contribution in [1.82, 2.24) is 0 Å². The highest BCUT2D eigenvalue weighted by atomic mass is 32.1. The van der Waals surface area contributed by atoms with Gasteiger partial charge in [-0.05, 0) is 133 Å². The summed E-state index contributed by atoms with van der Waals surface area (Å²) >= 11 is 3.83. The molecule has 52 heavy (non-hydrogen) atoms. The Morgan fingerprint density at radius 1 is 0.462 bits per heavy atom. The van der Waals surface area contributed by atoms with Crippen molar-refractivity contribution >= 4 is 81.8 Å². The van der Waals surface area contributed by atoms with Gasteiger partial charge in [0, 0.05) is 69.3 Å². The summed E-state index contributed by atoms with van der Waals surface area (Å²) in [6.45, 7) is 0. The Balaban J connectivity index is 1.06. The molecule has 0 saturated carbocycles. The fourth-order valence-electron chi connectivity index (χ4n) is 7.86. The zero-order valence-electron chi connectivity index (χ0n) is 28.7. The molecule has 8 aromatic rings. The maximum absolute atomic E-state index is 2.45. The third kappa shape index (κ3) is 5.56. The van der Waals surface area contributed by atoms with Gasteiger partial charge in [0.05, 0.1) is 0 Å². The summed E-state index contributed by atoms with van der Waals surface area (Å²) in [6.07, 6.45) is 13.6. The zero-order valence-corrected chi connectivity index (χ0v) is 30.3. The minimum atomic E-state index is 1.01. The van der Waals surface area contributed by atoms with E-state index < -0.39 is 0 Å². The van der Waals surface area contributed by atoms with Crippen LogP contribution in [0.5, 0.6) is 0 Å². The number of fused-ring (bicyclic) bond motifs is 6. The third-order valence-electron chi connectivity index (χ3n) is 10.3. The van der Waals surface area contributed by atoms with Crippen LogP contribution in [0, 0.1) is 0 Å². The van der Waals surface area contributed by atoms with Gasteiger partial charge in [-0.25, -0.2) is 0 Å². The summed E-state index contributed by atoms with van der Waals surface area (Å²) in [6, 6.07) is 53.4. The van der Waals surface area contributed by atoms with E-state index in [0.29, 0.717) is 0 Å². The van der Waals surface area contributed by atoms with Crippen molar-refractivity contribution in [2.75, 3.05) is 9.80 Å². The maximum Gasteiger partial charge on any atom is 0.0468 e. The first-order chi connectivity index (χ1) is 25.8. The first kappa shape index (κ1) is 31.1. The highest BCUT2D eigenvalue weighted by Crippen LogP contribution is 2.44. The molecule has 2 aliphatic rings. The monoisotopic (exact) mass is 704 g/mol. The van der Waals surface area contributed by atoms with E-state index in [-0.39, 0.29) is 0 Å². The van der Waals surface area contributed by atoms with Gasteiger partial charge in [0.1, 0.15) is 0 Å². The van der Waals surface area contributed by atoms with E-state index in [1.807, 2.05) is 22.7 Å². The normalized spacial score (nSPS) is 14.0. The van der Waals surface area contributed by atoms with Gasteiger partial charge in [-0.2, -0.15) is 0 Å². The lowest BCUT2D eigenvalue weighted by Gasteiger charge is -2.30. The fourth-order valence-corrected chi connectivity index (χ4v) is 10.1. The second kappa shape index (κ2) is 13.1. The van der Waals surface area contributed by atoms with Crippen LogP contribution in [-0.4, -0.2) is 0 Å². The van der Waals surface area contributed by atoms with Crippen molar-refractivity contribution in [2.45, 2.75) is 25.7 Å². The van der Waals surface area contributed by atoms with Crippen molar-refractivity contribution < 1.29 is 0 Å². The van der Waals surface area contributed by atoms with E-state index in [1.165, 1.54) is 86.0 Å². The topological polar surface area (TPSA) is 6.48 Å². The second-order valence-electron chi connectivity index (χ2n) is 13.6. The Bertz CT molecular complexity index is 2640. The minimum absolute atomic E-state index is 1.01. The molecule has 0 unspecified atom stereocenters. The number of thiophene rings is 2. The summed E-state index contributed by atoms with van der Waals surface area (Å²) in [5.41, 5.74) is 11.2. The number of aryl methyl sites for hydroxylation is 1. The molecular weight excluding hydrogens is 669 g/mol. The minimum Gasteiger partial charge on any atom is -0.314 e. The van der Waals surface area contributed by atoms with Gasteiger partial charge in [0.25, 0.3) is 0 Å². The Labute approximate surface area is 312 Å². The zero-order chi connectivity index (χ0) is 34.4. The molecule has 2 aromatic heterocycles. The lowest BCUT2D eigenvalue weighted by atomic mass is 9.96. The highest BCUT2D eigenvalue weighted by molar-refractivity contribution is 7.25. The largest absolute Gasteiger partial charge is 0.314 e. The fraction of sp³-hybridized carbons (Fsp3) is 0.0833. The van der Waals surface area contributed by atoms with Gasteiger partial charge in [-0.1, -0.05) is 78.9 Å². The van der Waals surface area contributed by atoms with Crippen molar-refractivity contribution in [2.24, 2.45) is 0 Å². The number of hydrogen-bond donors (Lipinski definition) is 0. The van der Waals surface area contributed by atoms with Crippen LogP contribution >= 0.6 is 22.7 Å². The van der Waals surface area contributed by atoms with Gasteiger partial charge < -0.3 is 9.80 Å². The third-order valence-corrected chi connectivity index (χ3v) is 12.7. The lowest BCUT2D eigenvalue weighted by Crippen LogP contribution is -2.18. The molecule has 4 heteroatoms. The quantitative estimate of drug-likeness (QED) is 0.163. The van der Waals surface area contributed by atoms with E-state index in [1.54, 1.807) is 0 Å². The predicted octanol–water partition coefficient (Wildman–Crippen LogP) is 14.4. The first-order valence-corrected chi connectivity index (χ1v) is 19.7. The maximum atomic E-state index is 2.45. The molecule has 0 saturated heterocycles. The average Bonchev–Trinajstić information content (AvgIpc) is 3.77. The van der Waals surface area contributed by atoms with E-state index in [0.717, 1.165) is 25.7 Å². The van der Waals surface area contributed by atoms with Crippen LogP contribution < -0.4 is 9.80 Å². The summed E-state index contributed by atoms with van der Waals surface area (Å²) in [4.78, 5) is 6.31. The van der Waals surface area contributed by atoms with Gasteiger partial charge in [-0.3, -0.25) is 0 Å². The van der Waals surface area contributed by atoms with E-state index >= 15 is 0 Å². The van der Waals surface area contributed by atoms with Crippen LogP contribution in [0.1, 0.15) is 29.7 Å². The van der Waals surface area contributed by atoms with Gasteiger partial charge in [-0.15, -0.1) is 22.7 Å². The molecule has 10 rings (SSSR count). The first-order valence-electron chi connectivity index (χ1n) is 18.1. The van der Waals surface area contributed by atoms with Gasteiger partial charge in [0.15, 0.2) is 0 Å². The molecule has 2 heterocycles. The molecule has 0 fully saturated rings. The van der Waals surface area contributed by atoms with Crippen LogP contribution in [0.2, 0.25) is 0 Å². The molecular formula is C48H36N2S2. The van der Waals surface area contributed by atoms with Crippen molar-refractivity contribution in [3.8, 4) is 11.1 Å². The van der Waals surface area contributed by atoms with Crippen LogP contribution in [0.15, 0.2) is 175 Å². The molecule has 0 aliphatic heterocycles. The Morgan fingerprint density at radius 3 is 1.67 bits per heavy atom. The Morgan fingerprint density at radius 2 is 1.04 bits per heavy atom. The van der Waals surface area contributed by atoms with Crippen molar-refractivity contribution in [3.63, 3.8) is 0 Å². The number of hydrogen-bond acceptors (Lipinski definition) is 4. The molecule has 2 aliphatic carbocycles. The van der Waals surface area contributed by atoms with Crippen LogP contribution in [0.4, 0.5) is 22.7 Å². The molecule has 2 nitrogen and oxygen atoms in total. The molecule has 0 spiro atoms. The Kier molecular flexibility index (Phi) is 7.85. The number of benzene rings is 6. The number of nitrogens with zero attached hydrogens (tertiary/aromatic N) is 2. The summed E-state index contributed by atoms with van der Waals surface area (Å²) < 4.78 is 4.00. The van der Waals surface area contributed by atoms with E-state index in [4.69, 9.17) is 0 Å². The predicted molar refractivity (Wildman–Crippen MR) is 227 cm³/mol. The summed E-state index contributed by atoms with van der Waals surface area (Å²) in [5.74, 6) is 0. The molecule has 0 amide bonds. The number of para-hydroxylation sites is 3. The van der Waals surface area contributed by atoms with Crippen molar-refractivity contribution in [3.05, 3.63) is 186 Å². The van der Waals surface area contributed by atoms with Crippen molar-refractivity contribution in [1.29, 1.82) is 0 Å². The molecule has 0 bridgehead atoms. The number of allylic oxidation sites excluding steroid dienone is 4. The lowest BCUT2D eigenvalue weighted by molar-refractivity contribution is 0.911. The SMILES string of the molecule is C1=CC(N(c2ccccc2)c2ccc3sc4ccc(-c5ccc6sc7c(c6c5)C=C(N(c5ccccc5)c5ccccc5)CC7)cc4c3c2)=CCC1. The van der Waals surface area contributed by atoms with E-state index in [9.17, 15) is 0 Å². The Hall–Kier alpha value is -5.68. The highest BCUT2D eigenvalue weighted by Gasteiger charge is 2.23. The van der Waals surface area contributed by atoms with Gasteiger partial charge in [0.2, 0.25) is 0 Å². The van der Waals surface area contributed by atoms with Gasteiger partial charge >= 0.3 is 0 Å².